The number of nitrogens with one attached hydrogen (secondary N) is 1. The number of hydrogen-bond acceptors (Lipinski definition) is 4. The number of carbonyl (C=O) groups is 1. The second-order valence-corrected chi connectivity index (χ2v) is 5.55. The number of imidazole rings is 2. The van der Waals surface area contributed by atoms with Gasteiger partial charge in [0.25, 0.3) is 0 Å². The van der Waals surface area contributed by atoms with Crippen LogP contribution in [0.3, 0.4) is 0 Å². The number of hydrogen-bond donors (Lipinski definition) is 1. The molecule has 7 nitrogen and oxygen atoms in total. The molecule has 0 spiro atoms. The predicted octanol–water partition coefficient (Wildman–Crippen LogP) is 1.29. The summed E-state index contributed by atoms with van der Waals surface area (Å²) >= 11 is 0. The summed E-state index contributed by atoms with van der Waals surface area (Å²) < 4.78 is 7.71. The molecular weight excluding hydrogens is 282 g/mol. The van der Waals surface area contributed by atoms with Crippen molar-refractivity contribution in [1.82, 2.24) is 24.4 Å². The fourth-order valence-corrected chi connectivity index (χ4v) is 2.63. The monoisotopic (exact) mass is 303 g/mol. The fourth-order valence-electron chi connectivity index (χ4n) is 2.63. The van der Waals surface area contributed by atoms with E-state index in [2.05, 4.69) is 15.0 Å². The van der Waals surface area contributed by atoms with Gasteiger partial charge in [0, 0.05) is 43.8 Å². The minimum atomic E-state index is -0.153. The second-order valence-electron chi connectivity index (χ2n) is 5.55. The highest BCUT2D eigenvalue weighted by Crippen LogP contribution is 2.20. The van der Waals surface area contributed by atoms with E-state index in [-0.39, 0.29) is 12.0 Å². The first kappa shape index (κ1) is 14.8. The first-order valence-electron chi connectivity index (χ1n) is 7.59. The fraction of sp³-hybridized carbons (Fsp3) is 0.533. The van der Waals surface area contributed by atoms with Gasteiger partial charge in [0.15, 0.2) is 0 Å². The van der Waals surface area contributed by atoms with Crippen molar-refractivity contribution < 1.29 is 9.53 Å². The summed E-state index contributed by atoms with van der Waals surface area (Å²) in [7, 11) is 0. The van der Waals surface area contributed by atoms with Crippen LogP contribution in [0, 0.1) is 6.92 Å². The van der Waals surface area contributed by atoms with Gasteiger partial charge in [-0.1, -0.05) is 0 Å². The minimum absolute atomic E-state index is 0.153. The molecule has 0 aliphatic carbocycles. The molecule has 0 bridgehead atoms. The van der Waals surface area contributed by atoms with E-state index in [1.54, 1.807) is 18.7 Å². The molecule has 1 saturated heterocycles. The Morgan fingerprint density at radius 2 is 2.45 bits per heavy atom. The Morgan fingerprint density at radius 1 is 1.55 bits per heavy atom. The Labute approximate surface area is 129 Å². The lowest BCUT2D eigenvalue weighted by Crippen LogP contribution is -2.42. The molecule has 1 fully saturated rings. The molecule has 0 aromatic carbocycles. The van der Waals surface area contributed by atoms with Gasteiger partial charge >= 0.3 is 0 Å². The minimum Gasteiger partial charge on any atom is -0.367 e. The first-order valence-corrected chi connectivity index (χ1v) is 7.59. The van der Waals surface area contributed by atoms with Crippen molar-refractivity contribution in [2.45, 2.75) is 32.4 Å². The number of aryl methyl sites for hydroxylation is 2. The van der Waals surface area contributed by atoms with Gasteiger partial charge in [-0.3, -0.25) is 4.79 Å². The molecule has 1 aliphatic rings. The molecule has 2 aromatic heterocycles. The van der Waals surface area contributed by atoms with Gasteiger partial charge < -0.3 is 19.2 Å². The van der Waals surface area contributed by atoms with E-state index < -0.39 is 0 Å². The molecule has 1 N–H and O–H groups in total. The van der Waals surface area contributed by atoms with Crippen LogP contribution in [-0.4, -0.2) is 50.0 Å². The molecule has 1 aliphatic heterocycles. The Balaban J connectivity index is 1.49. The summed E-state index contributed by atoms with van der Waals surface area (Å²) in [6, 6.07) is 0. The molecule has 0 saturated carbocycles. The Bertz CT molecular complexity index is 607. The van der Waals surface area contributed by atoms with Crippen molar-refractivity contribution in [3.63, 3.8) is 0 Å². The zero-order chi connectivity index (χ0) is 15.4. The van der Waals surface area contributed by atoms with Gasteiger partial charge in [-0.15, -0.1) is 0 Å². The molecule has 1 atom stereocenters. The largest absolute Gasteiger partial charge is 0.367 e. The molecule has 2 aromatic rings. The molecular formula is C15H21N5O2. The summed E-state index contributed by atoms with van der Waals surface area (Å²) in [5.41, 5.74) is 1.00. The molecule has 0 radical (unpaired) electrons. The Morgan fingerprint density at radius 3 is 3.18 bits per heavy atom. The lowest BCUT2D eigenvalue weighted by atomic mass is 10.2. The quantitative estimate of drug-likeness (QED) is 0.903. The first-order chi connectivity index (χ1) is 10.7. The van der Waals surface area contributed by atoms with Crippen LogP contribution in [0.1, 0.15) is 30.5 Å². The zero-order valence-electron chi connectivity index (χ0n) is 12.7. The molecule has 22 heavy (non-hydrogen) atoms. The van der Waals surface area contributed by atoms with Crippen molar-refractivity contribution >= 4 is 5.91 Å². The van der Waals surface area contributed by atoms with Crippen LogP contribution in [0.2, 0.25) is 0 Å². The summed E-state index contributed by atoms with van der Waals surface area (Å²) in [6.07, 6.45) is 8.42. The topological polar surface area (TPSA) is 76.0 Å². The van der Waals surface area contributed by atoms with Crippen LogP contribution in [0.4, 0.5) is 0 Å². The maximum atomic E-state index is 12.3. The molecule has 1 unspecified atom stereocenters. The van der Waals surface area contributed by atoms with Gasteiger partial charge in [-0.05, 0) is 13.3 Å². The standard InChI is InChI=1S/C15H21N5O2/c1-12-9-17-15(18-12)13-10-20(7-8-22-13)14(21)3-2-5-19-6-4-16-11-19/h4,6,9,11,13H,2-3,5,7-8,10H2,1H3,(H,17,18). The number of morpholine rings is 1. The number of aromatic nitrogens is 4. The average molecular weight is 303 g/mol. The van der Waals surface area contributed by atoms with Crippen molar-refractivity contribution in [1.29, 1.82) is 0 Å². The van der Waals surface area contributed by atoms with Gasteiger partial charge in [-0.25, -0.2) is 9.97 Å². The number of rotatable bonds is 5. The molecule has 3 heterocycles. The van der Waals surface area contributed by atoms with Crippen LogP contribution in [0.25, 0.3) is 0 Å². The SMILES string of the molecule is Cc1cnc(C2CN(C(=O)CCCn3ccnc3)CCO2)[nH]1. The van der Waals surface area contributed by atoms with E-state index in [9.17, 15) is 4.79 Å². The van der Waals surface area contributed by atoms with Crippen LogP contribution in [0.5, 0.6) is 0 Å². The van der Waals surface area contributed by atoms with Crippen LogP contribution < -0.4 is 0 Å². The Hall–Kier alpha value is -2.15. The van der Waals surface area contributed by atoms with Crippen molar-refractivity contribution in [2.24, 2.45) is 0 Å². The van der Waals surface area contributed by atoms with Crippen molar-refractivity contribution in [2.75, 3.05) is 19.7 Å². The number of H-pyrrole nitrogens is 1. The normalized spacial score (nSPS) is 18.6. The van der Waals surface area contributed by atoms with E-state index in [1.165, 1.54) is 0 Å². The third-order valence-electron chi connectivity index (χ3n) is 3.81. The van der Waals surface area contributed by atoms with Gasteiger partial charge in [0.05, 0.1) is 19.5 Å². The van der Waals surface area contributed by atoms with E-state index in [0.717, 1.165) is 24.5 Å². The Kier molecular flexibility index (Phi) is 4.53. The lowest BCUT2D eigenvalue weighted by molar-refractivity contribution is -0.139. The smallest absolute Gasteiger partial charge is 0.222 e. The van der Waals surface area contributed by atoms with E-state index in [4.69, 9.17) is 4.74 Å². The van der Waals surface area contributed by atoms with Crippen LogP contribution in [0.15, 0.2) is 24.9 Å². The van der Waals surface area contributed by atoms with Crippen molar-refractivity contribution in [3.8, 4) is 0 Å². The number of carbonyl (C=O) groups excluding carboxylic acids is 1. The third kappa shape index (κ3) is 3.54. The number of nitrogens with zero attached hydrogens (tertiary/aromatic N) is 4. The molecule has 3 rings (SSSR count). The van der Waals surface area contributed by atoms with Crippen LogP contribution >= 0.6 is 0 Å². The second kappa shape index (κ2) is 6.74. The summed E-state index contributed by atoms with van der Waals surface area (Å²) in [6.45, 7) is 4.55. The summed E-state index contributed by atoms with van der Waals surface area (Å²) in [5.74, 6) is 0.977. The lowest BCUT2D eigenvalue weighted by Gasteiger charge is -2.32. The molecule has 1 amide bonds. The van der Waals surface area contributed by atoms with E-state index in [1.807, 2.05) is 22.6 Å². The highest BCUT2D eigenvalue weighted by Gasteiger charge is 2.26. The van der Waals surface area contributed by atoms with Crippen LogP contribution in [-0.2, 0) is 16.1 Å². The summed E-state index contributed by atoms with van der Waals surface area (Å²) in [5, 5.41) is 0. The number of aromatic amines is 1. The highest BCUT2D eigenvalue weighted by atomic mass is 16.5. The highest BCUT2D eigenvalue weighted by molar-refractivity contribution is 5.76. The third-order valence-corrected chi connectivity index (χ3v) is 3.81. The molecule has 7 heteroatoms. The van der Waals surface area contributed by atoms with Gasteiger partial charge in [-0.2, -0.15) is 0 Å². The number of ether oxygens (including phenoxy) is 1. The molecule has 118 valence electrons. The van der Waals surface area contributed by atoms with Gasteiger partial charge in [0.1, 0.15) is 11.9 Å². The van der Waals surface area contributed by atoms with E-state index >= 15 is 0 Å². The average Bonchev–Trinajstić information content (AvgIpc) is 3.19. The summed E-state index contributed by atoms with van der Waals surface area (Å²) in [4.78, 5) is 25.7. The van der Waals surface area contributed by atoms with Gasteiger partial charge in [0.2, 0.25) is 5.91 Å². The zero-order valence-corrected chi connectivity index (χ0v) is 12.7. The van der Waals surface area contributed by atoms with E-state index in [0.29, 0.717) is 26.1 Å². The predicted molar refractivity (Wildman–Crippen MR) is 80.1 cm³/mol. The maximum Gasteiger partial charge on any atom is 0.222 e. The number of amides is 1. The maximum absolute atomic E-state index is 12.3. The van der Waals surface area contributed by atoms with Crippen molar-refractivity contribution in [3.05, 3.63) is 36.4 Å².